The molecule has 0 radical (unpaired) electrons. The lowest BCUT2D eigenvalue weighted by atomic mass is 10.0. The van der Waals surface area contributed by atoms with Crippen molar-refractivity contribution in [2.45, 2.75) is 32.7 Å². The topological polar surface area (TPSA) is 55.9 Å². The average Bonchev–Trinajstić information content (AvgIpc) is 2.74. The second kappa shape index (κ2) is 7.09. The van der Waals surface area contributed by atoms with Gasteiger partial charge in [-0.1, -0.05) is 36.7 Å². The number of nitrogens with one attached hydrogen (secondary N) is 1. The highest BCUT2D eigenvalue weighted by Gasteiger charge is 2.20. The van der Waals surface area contributed by atoms with Crippen molar-refractivity contribution in [2.24, 2.45) is 12.9 Å². The van der Waals surface area contributed by atoms with Crippen molar-refractivity contribution >= 4 is 34.2 Å². The summed E-state index contributed by atoms with van der Waals surface area (Å²) in [5.74, 6) is 5.78. The first-order chi connectivity index (χ1) is 9.99. The summed E-state index contributed by atoms with van der Waals surface area (Å²) in [6, 6.07) is 6.27. The molecule has 2 aromatic rings. The first-order valence-electron chi connectivity index (χ1n) is 6.90. The highest BCUT2D eigenvalue weighted by Crippen LogP contribution is 2.29. The third kappa shape index (κ3) is 3.41. The summed E-state index contributed by atoms with van der Waals surface area (Å²) in [6.07, 6.45) is 1.54. The van der Waals surface area contributed by atoms with E-state index in [-0.39, 0.29) is 6.04 Å². The van der Waals surface area contributed by atoms with Gasteiger partial charge in [0.2, 0.25) is 0 Å². The van der Waals surface area contributed by atoms with Crippen LogP contribution in [0, 0.1) is 10.5 Å². The third-order valence-corrected chi connectivity index (χ3v) is 5.61. The molecule has 1 aromatic heterocycles. The molecule has 3 N–H and O–H groups in total. The van der Waals surface area contributed by atoms with Crippen LogP contribution >= 0.6 is 34.2 Å². The molecule has 4 nitrogen and oxygen atoms in total. The molecule has 6 heteroatoms. The second-order valence-electron chi connectivity index (χ2n) is 5.09. The lowest BCUT2D eigenvalue weighted by molar-refractivity contribution is 0.527. The molecule has 0 saturated carbocycles. The average molecular weight is 419 g/mol. The molecule has 21 heavy (non-hydrogen) atoms. The fraction of sp³-hybridized carbons (Fsp3) is 0.400. The molecular formula is C15H20ClIN4. The number of benzene rings is 1. The molecule has 114 valence electrons. The zero-order valence-corrected chi connectivity index (χ0v) is 15.4. The van der Waals surface area contributed by atoms with E-state index in [0.717, 1.165) is 22.8 Å². The quantitative estimate of drug-likeness (QED) is 0.445. The van der Waals surface area contributed by atoms with Gasteiger partial charge in [0.15, 0.2) is 0 Å². The molecule has 2 rings (SSSR count). The van der Waals surface area contributed by atoms with E-state index >= 15 is 0 Å². The van der Waals surface area contributed by atoms with Crippen LogP contribution in [0.25, 0.3) is 0 Å². The summed E-state index contributed by atoms with van der Waals surface area (Å²) in [4.78, 5) is 0. The van der Waals surface area contributed by atoms with Crippen LogP contribution in [0.5, 0.6) is 0 Å². The van der Waals surface area contributed by atoms with Crippen LogP contribution < -0.4 is 11.3 Å². The standard InChI is InChI=1S/C15H20ClIN4/c1-4-11-14(16)13(21(3)20-11)8-12(19-18)10-7-5-6-9(2)15(10)17/h5-7,12,19H,4,8,18H2,1-3H3. The number of rotatable bonds is 5. The van der Waals surface area contributed by atoms with Crippen molar-refractivity contribution in [2.75, 3.05) is 0 Å². The van der Waals surface area contributed by atoms with E-state index in [2.05, 4.69) is 65.2 Å². The normalized spacial score (nSPS) is 12.7. The van der Waals surface area contributed by atoms with Gasteiger partial charge in [0.25, 0.3) is 0 Å². The maximum Gasteiger partial charge on any atom is 0.0850 e. The van der Waals surface area contributed by atoms with Crippen molar-refractivity contribution < 1.29 is 0 Å². The first-order valence-corrected chi connectivity index (χ1v) is 8.36. The Morgan fingerprint density at radius 3 is 2.76 bits per heavy atom. The molecule has 0 amide bonds. The van der Waals surface area contributed by atoms with E-state index in [0.29, 0.717) is 6.42 Å². The summed E-state index contributed by atoms with van der Waals surface area (Å²) in [5.41, 5.74) is 7.29. The van der Waals surface area contributed by atoms with Crippen molar-refractivity contribution in [3.63, 3.8) is 0 Å². The number of nitrogens with two attached hydrogens (primary N) is 1. The molecule has 0 aliphatic rings. The Hall–Kier alpha value is -0.630. The van der Waals surface area contributed by atoms with E-state index in [1.807, 2.05) is 11.7 Å². The zero-order valence-electron chi connectivity index (χ0n) is 12.5. The molecule has 0 spiro atoms. The van der Waals surface area contributed by atoms with Crippen LogP contribution in [-0.2, 0) is 19.9 Å². The van der Waals surface area contributed by atoms with Gasteiger partial charge in [0.05, 0.1) is 22.5 Å². The van der Waals surface area contributed by atoms with Crippen molar-refractivity contribution in [1.29, 1.82) is 0 Å². The molecule has 1 unspecified atom stereocenters. The van der Waals surface area contributed by atoms with E-state index in [9.17, 15) is 0 Å². The first kappa shape index (κ1) is 16.7. The van der Waals surface area contributed by atoms with Crippen LogP contribution in [0.2, 0.25) is 5.02 Å². The van der Waals surface area contributed by atoms with E-state index in [1.54, 1.807) is 0 Å². The minimum Gasteiger partial charge on any atom is -0.271 e. The SMILES string of the molecule is CCc1nn(C)c(CC(NN)c2cccc(C)c2I)c1Cl. The Morgan fingerprint density at radius 2 is 2.19 bits per heavy atom. The molecule has 0 bridgehead atoms. The largest absolute Gasteiger partial charge is 0.271 e. The highest BCUT2D eigenvalue weighted by molar-refractivity contribution is 14.1. The number of aromatic nitrogens is 2. The van der Waals surface area contributed by atoms with Gasteiger partial charge in [0, 0.05) is 17.0 Å². The summed E-state index contributed by atoms with van der Waals surface area (Å²) in [6.45, 7) is 4.16. The maximum atomic E-state index is 6.44. The monoisotopic (exact) mass is 418 g/mol. The minimum atomic E-state index is 0.00871. The highest BCUT2D eigenvalue weighted by atomic mass is 127. The fourth-order valence-electron chi connectivity index (χ4n) is 2.43. The van der Waals surface area contributed by atoms with Gasteiger partial charge >= 0.3 is 0 Å². The van der Waals surface area contributed by atoms with Gasteiger partial charge in [-0.2, -0.15) is 5.10 Å². The molecule has 0 aliphatic heterocycles. The van der Waals surface area contributed by atoms with Gasteiger partial charge in [-0.15, -0.1) is 0 Å². The molecular weight excluding hydrogens is 399 g/mol. The van der Waals surface area contributed by atoms with Gasteiger partial charge < -0.3 is 0 Å². The Morgan fingerprint density at radius 1 is 1.48 bits per heavy atom. The second-order valence-corrected chi connectivity index (χ2v) is 6.54. The molecule has 1 heterocycles. The lowest BCUT2D eigenvalue weighted by Gasteiger charge is -2.19. The summed E-state index contributed by atoms with van der Waals surface area (Å²) in [5, 5.41) is 5.22. The summed E-state index contributed by atoms with van der Waals surface area (Å²) in [7, 11) is 1.93. The minimum absolute atomic E-state index is 0.00871. The number of halogens is 2. The van der Waals surface area contributed by atoms with Crippen LogP contribution in [0.3, 0.4) is 0 Å². The molecule has 0 saturated heterocycles. The zero-order chi connectivity index (χ0) is 15.6. The van der Waals surface area contributed by atoms with Crippen LogP contribution in [-0.4, -0.2) is 9.78 Å². The third-order valence-electron chi connectivity index (χ3n) is 3.70. The lowest BCUT2D eigenvalue weighted by Crippen LogP contribution is -2.31. The van der Waals surface area contributed by atoms with E-state index in [4.69, 9.17) is 17.4 Å². The van der Waals surface area contributed by atoms with E-state index < -0.39 is 0 Å². The van der Waals surface area contributed by atoms with Crippen molar-refractivity contribution in [3.8, 4) is 0 Å². The Kier molecular flexibility index (Phi) is 5.65. The van der Waals surface area contributed by atoms with Crippen molar-refractivity contribution in [3.05, 3.63) is 49.3 Å². The van der Waals surface area contributed by atoms with Gasteiger partial charge in [-0.3, -0.25) is 16.0 Å². The molecule has 1 atom stereocenters. The van der Waals surface area contributed by atoms with Gasteiger partial charge in [-0.05, 0) is 47.1 Å². The predicted molar refractivity (Wildman–Crippen MR) is 95.3 cm³/mol. The van der Waals surface area contributed by atoms with Gasteiger partial charge in [-0.25, -0.2) is 0 Å². The van der Waals surface area contributed by atoms with Crippen LogP contribution in [0.15, 0.2) is 18.2 Å². The van der Waals surface area contributed by atoms with E-state index in [1.165, 1.54) is 14.7 Å². The number of nitrogens with zero attached hydrogens (tertiary/aromatic N) is 2. The number of aryl methyl sites for hydroxylation is 3. The number of hydrazine groups is 1. The molecule has 0 fully saturated rings. The fourth-order valence-corrected chi connectivity index (χ4v) is 3.54. The number of hydrogen-bond donors (Lipinski definition) is 2. The molecule has 1 aromatic carbocycles. The smallest absolute Gasteiger partial charge is 0.0850 e. The van der Waals surface area contributed by atoms with Crippen LogP contribution in [0.4, 0.5) is 0 Å². The predicted octanol–water partition coefficient (Wildman–Crippen LogP) is 3.30. The number of hydrogen-bond acceptors (Lipinski definition) is 3. The van der Waals surface area contributed by atoms with Gasteiger partial charge in [0.1, 0.15) is 0 Å². The maximum absolute atomic E-state index is 6.44. The Bertz CT molecular complexity index is 639. The Balaban J connectivity index is 2.36. The summed E-state index contributed by atoms with van der Waals surface area (Å²) >= 11 is 8.80. The van der Waals surface area contributed by atoms with Crippen molar-refractivity contribution in [1.82, 2.24) is 15.2 Å². The Labute approximate surface area is 144 Å². The molecule has 0 aliphatic carbocycles. The van der Waals surface area contributed by atoms with Crippen LogP contribution in [0.1, 0.15) is 35.5 Å². The summed E-state index contributed by atoms with van der Waals surface area (Å²) < 4.78 is 3.08.